The summed E-state index contributed by atoms with van der Waals surface area (Å²) >= 11 is 0. The number of carbonyl (C=O) groups excluding carboxylic acids is 1. The molecule has 1 saturated carbocycles. The zero-order valence-electron chi connectivity index (χ0n) is 14.3. The molecule has 24 heavy (non-hydrogen) atoms. The number of nitrogens with zero attached hydrogens (tertiary/aromatic N) is 1. The molecular formula is C13H23NO8S2. The van der Waals surface area contributed by atoms with Crippen LogP contribution in [0.25, 0.3) is 0 Å². The zero-order chi connectivity index (χ0) is 18.6. The maximum atomic E-state index is 12.4. The van der Waals surface area contributed by atoms with Crippen LogP contribution in [-0.4, -0.2) is 70.2 Å². The highest BCUT2D eigenvalue weighted by molar-refractivity contribution is 7.86. The van der Waals surface area contributed by atoms with E-state index in [2.05, 4.69) is 0 Å². The molecule has 1 amide bonds. The van der Waals surface area contributed by atoms with Gasteiger partial charge >= 0.3 is 6.09 Å². The van der Waals surface area contributed by atoms with Gasteiger partial charge in [-0.25, -0.2) is 4.79 Å². The van der Waals surface area contributed by atoms with Crippen molar-refractivity contribution in [2.24, 2.45) is 0 Å². The first kappa shape index (κ1) is 19.4. The Balaban J connectivity index is 2.20. The SMILES string of the molecule is CC(C)(C)OC(=O)N1C[C@H](OS(C)(=O)=O)CC12CC2OS(C)(=O)=O. The lowest BCUT2D eigenvalue weighted by Gasteiger charge is -2.28. The van der Waals surface area contributed by atoms with Gasteiger partial charge in [-0.15, -0.1) is 0 Å². The summed E-state index contributed by atoms with van der Waals surface area (Å²) in [6.45, 7) is 5.10. The number of hydrogen-bond acceptors (Lipinski definition) is 8. The van der Waals surface area contributed by atoms with Crippen LogP contribution in [-0.2, 0) is 33.3 Å². The molecule has 1 heterocycles. The molecule has 1 aliphatic heterocycles. The van der Waals surface area contributed by atoms with Gasteiger partial charge in [-0.05, 0) is 20.8 Å². The van der Waals surface area contributed by atoms with Crippen LogP contribution in [0.2, 0.25) is 0 Å². The van der Waals surface area contributed by atoms with Crippen molar-refractivity contribution in [1.29, 1.82) is 0 Å². The highest BCUT2D eigenvalue weighted by Crippen LogP contribution is 2.53. The van der Waals surface area contributed by atoms with E-state index >= 15 is 0 Å². The van der Waals surface area contributed by atoms with Gasteiger partial charge in [0.1, 0.15) is 11.7 Å². The molecule has 0 radical (unpaired) electrons. The van der Waals surface area contributed by atoms with Gasteiger partial charge in [0.2, 0.25) is 0 Å². The molecule has 11 heteroatoms. The highest BCUT2D eigenvalue weighted by atomic mass is 32.2. The molecular weight excluding hydrogens is 362 g/mol. The molecule has 3 atom stereocenters. The minimum absolute atomic E-state index is 0.00833. The lowest BCUT2D eigenvalue weighted by Crippen LogP contribution is -2.43. The van der Waals surface area contributed by atoms with Crippen molar-refractivity contribution >= 4 is 26.3 Å². The van der Waals surface area contributed by atoms with Crippen LogP contribution in [0.15, 0.2) is 0 Å². The van der Waals surface area contributed by atoms with Crippen LogP contribution in [0.4, 0.5) is 4.79 Å². The minimum Gasteiger partial charge on any atom is -0.444 e. The van der Waals surface area contributed by atoms with Gasteiger partial charge < -0.3 is 4.74 Å². The van der Waals surface area contributed by atoms with Crippen molar-refractivity contribution in [3.8, 4) is 0 Å². The summed E-state index contributed by atoms with van der Waals surface area (Å²) in [4.78, 5) is 13.8. The molecule has 2 unspecified atom stereocenters. The van der Waals surface area contributed by atoms with Crippen LogP contribution in [0.1, 0.15) is 33.6 Å². The lowest BCUT2D eigenvalue weighted by atomic mass is 10.1. The standard InChI is InChI=1S/C13H23NO8S2/c1-12(2,3)20-11(15)14-8-9(21-23(4,16)17)6-13(14)7-10(13)22-24(5,18)19/h9-10H,6-8H2,1-5H3/t9-,10?,13?/m1/s1. The third-order valence-corrected chi connectivity index (χ3v) is 4.90. The predicted octanol–water partition coefficient (Wildman–Crippen LogP) is 0.459. The van der Waals surface area contributed by atoms with E-state index in [1.807, 2.05) is 0 Å². The molecule has 0 aromatic rings. The van der Waals surface area contributed by atoms with Gasteiger partial charge in [0.15, 0.2) is 0 Å². The summed E-state index contributed by atoms with van der Waals surface area (Å²) in [7, 11) is -7.40. The largest absolute Gasteiger partial charge is 0.444 e. The van der Waals surface area contributed by atoms with E-state index < -0.39 is 49.7 Å². The topological polar surface area (TPSA) is 116 Å². The maximum Gasteiger partial charge on any atom is 0.410 e. The van der Waals surface area contributed by atoms with E-state index in [0.717, 1.165) is 12.5 Å². The lowest BCUT2D eigenvalue weighted by molar-refractivity contribution is 0.0156. The molecule has 9 nitrogen and oxygen atoms in total. The zero-order valence-corrected chi connectivity index (χ0v) is 15.9. The number of hydrogen-bond donors (Lipinski definition) is 0. The molecule has 140 valence electrons. The van der Waals surface area contributed by atoms with E-state index in [1.54, 1.807) is 20.8 Å². The van der Waals surface area contributed by atoms with Crippen molar-refractivity contribution in [1.82, 2.24) is 4.90 Å². The number of carbonyl (C=O) groups is 1. The van der Waals surface area contributed by atoms with Crippen molar-refractivity contribution in [2.75, 3.05) is 19.1 Å². The quantitative estimate of drug-likeness (QED) is 0.641. The van der Waals surface area contributed by atoms with Gasteiger partial charge in [-0.2, -0.15) is 16.8 Å². The second-order valence-corrected chi connectivity index (χ2v) is 10.5. The van der Waals surface area contributed by atoms with Gasteiger partial charge in [0, 0.05) is 12.8 Å². The summed E-state index contributed by atoms with van der Waals surface area (Å²) in [5.74, 6) is 0. The molecule has 0 N–H and O–H groups in total. The summed E-state index contributed by atoms with van der Waals surface area (Å²) in [6.07, 6.45) is 0.155. The molecule has 1 spiro atoms. The Labute approximate surface area is 142 Å². The summed E-state index contributed by atoms with van der Waals surface area (Å²) in [6, 6.07) is 0. The molecule has 0 aromatic carbocycles. The average Bonchev–Trinajstić information content (AvgIpc) is 2.75. The molecule has 2 aliphatic rings. The molecule has 1 saturated heterocycles. The third kappa shape index (κ3) is 4.80. The Morgan fingerprint density at radius 3 is 2.04 bits per heavy atom. The molecule has 2 fully saturated rings. The first-order chi connectivity index (χ1) is 10.6. The van der Waals surface area contributed by atoms with Crippen LogP contribution in [0.3, 0.4) is 0 Å². The Morgan fingerprint density at radius 2 is 1.58 bits per heavy atom. The first-order valence-corrected chi connectivity index (χ1v) is 11.0. The maximum absolute atomic E-state index is 12.4. The van der Waals surface area contributed by atoms with Crippen molar-refractivity contribution in [2.45, 2.75) is 57.0 Å². The second kappa shape index (κ2) is 5.82. The van der Waals surface area contributed by atoms with Gasteiger partial charge in [-0.3, -0.25) is 13.3 Å². The van der Waals surface area contributed by atoms with Crippen molar-refractivity contribution in [3.63, 3.8) is 0 Å². The number of likely N-dealkylation sites (tertiary alicyclic amines) is 1. The fourth-order valence-corrected chi connectivity index (χ4v) is 4.23. The average molecular weight is 385 g/mol. The Kier molecular flexibility index (Phi) is 4.71. The van der Waals surface area contributed by atoms with Gasteiger partial charge in [0.25, 0.3) is 20.2 Å². The van der Waals surface area contributed by atoms with Crippen molar-refractivity contribution < 1.29 is 34.7 Å². The minimum atomic E-state index is -3.70. The van der Waals surface area contributed by atoms with E-state index in [-0.39, 0.29) is 19.4 Å². The molecule has 0 bridgehead atoms. The fraction of sp³-hybridized carbons (Fsp3) is 0.923. The summed E-state index contributed by atoms with van der Waals surface area (Å²) < 4.78 is 60.7. The highest BCUT2D eigenvalue weighted by Gasteiger charge is 2.67. The fourth-order valence-electron chi connectivity index (χ4n) is 2.93. The smallest absolute Gasteiger partial charge is 0.410 e. The van der Waals surface area contributed by atoms with E-state index in [9.17, 15) is 21.6 Å². The van der Waals surface area contributed by atoms with Crippen molar-refractivity contribution in [3.05, 3.63) is 0 Å². The molecule has 1 aliphatic carbocycles. The normalized spacial score (nSPS) is 30.6. The summed E-state index contributed by atoms with van der Waals surface area (Å²) in [5.41, 5.74) is -1.66. The monoisotopic (exact) mass is 385 g/mol. The molecule has 2 rings (SSSR count). The van der Waals surface area contributed by atoms with E-state index in [4.69, 9.17) is 13.1 Å². The van der Waals surface area contributed by atoms with Gasteiger partial charge in [-0.1, -0.05) is 0 Å². The van der Waals surface area contributed by atoms with Crippen LogP contribution in [0.5, 0.6) is 0 Å². The third-order valence-electron chi connectivity index (χ3n) is 3.70. The molecule has 0 aromatic heterocycles. The van der Waals surface area contributed by atoms with E-state index in [0.29, 0.717) is 0 Å². The van der Waals surface area contributed by atoms with Crippen LogP contribution < -0.4 is 0 Å². The van der Waals surface area contributed by atoms with Crippen LogP contribution >= 0.6 is 0 Å². The second-order valence-electron chi connectivity index (χ2n) is 7.31. The summed E-state index contributed by atoms with van der Waals surface area (Å²) in [5, 5.41) is 0. The van der Waals surface area contributed by atoms with Gasteiger partial charge in [0.05, 0.1) is 30.7 Å². The Bertz CT molecular complexity index is 692. The Morgan fingerprint density at radius 1 is 1.04 bits per heavy atom. The van der Waals surface area contributed by atoms with E-state index in [1.165, 1.54) is 4.90 Å². The van der Waals surface area contributed by atoms with Crippen LogP contribution in [0, 0.1) is 0 Å². The number of ether oxygens (including phenoxy) is 1. The number of rotatable bonds is 4. The predicted molar refractivity (Wildman–Crippen MR) is 84.3 cm³/mol. The Hall–Kier alpha value is -0.910. The first-order valence-electron chi connectivity index (χ1n) is 7.38. The number of amides is 1.